The summed E-state index contributed by atoms with van der Waals surface area (Å²) in [7, 11) is 0. The van der Waals surface area contributed by atoms with Gasteiger partial charge in [0.2, 0.25) is 0 Å². The molecule has 0 unspecified atom stereocenters. The van der Waals surface area contributed by atoms with Crippen LogP contribution in [0.2, 0.25) is 0 Å². The first-order chi connectivity index (χ1) is 9.49. The smallest absolute Gasteiger partial charge is 0.269 e. The van der Waals surface area contributed by atoms with Crippen LogP contribution < -0.4 is 10.5 Å². The quantitative estimate of drug-likeness (QED) is 0.679. The number of ether oxygens (including phenoxy) is 1. The van der Waals surface area contributed by atoms with Crippen LogP contribution in [-0.4, -0.2) is 4.92 Å². The Kier molecular flexibility index (Phi) is 4.00. The second-order valence-electron chi connectivity index (χ2n) is 4.64. The van der Waals surface area contributed by atoms with Gasteiger partial charge >= 0.3 is 0 Å². The number of benzene rings is 2. The van der Waals surface area contributed by atoms with Crippen molar-refractivity contribution in [1.29, 1.82) is 0 Å². The summed E-state index contributed by atoms with van der Waals surface area (Å²) >= 11 is 0. The van der Waals surface area contributed by atoms with Crippen LogP contribution in [0, 0.1) is 17.0 Å². The number of nitro benzene ring substituents is 1. The van der Waals surface area contributed by atoms with Gasteiger partial charge in [0.25, 0.3) is 5.69 Å². The number of hydrogen-bond donors (Lipinski definition) is 1. The summed E-state index contributed by atoms with van der Waals surface area (Å²) in [6.45, 7) is 3.65. The Labute approximate surface area is 117 Å². The van der Waals surface area contributed by atoms with E-state index in [1.807, 2.05) is 31.2 Å². The van der Waals surface area contributed by atoms with E-state index >= 15 is 0 Å². The summed E-state index contributed by atoms with van der Waals surface area (Å²) in [5.74, 6) is 1.25. The highest BCUT2D eigenvalue weighted by molar-refractivity contribution is 5.46. The Hall–Kier alpha value is -2.40. The summed E-state index contributed by atoms with van der Waals surface area (Å²) < 4.78 is 5.83. The maximum absolute atomic E-state index is 10.7. The molecule has 0 aromatic heterocycles. The molecule has 0 spiro atoms. The summed E-state index contributed by atoms with van der Waals surface area (Å²) in [5, 5.41) is 10.7. The zero-order valence-electron chi connectivity index (χ0n) is 11.4. The van der Waals surface area contributed by atoms with Crippen LogP contribution in [0.4, 0.5) is 5.69 Å². The van der Waals surface area contributed by atoms with E-state index in [-0.39, 0.29) is 11.7 Å². The van der Waals surface area contributed by atoms with Gasteiger partial charge in [0, 0.05) is 23.7 Å². The molecule has 0 bridgehead atoms. The van der Waals surface area contributed by atoms with Crippen molar-refractivity contribution in [1.82, 2.24) is 0 Å². The highest BCUT2D eigenvalue weighted by atomic mass is 16.6. The summed E-state index contributed by atoms with van der Waals surface area (Å²) in [6.07, 6.45) is 0. The molecule has 0 aliphatic carbocycles. The highest BCUT2D eigenvalue weighted by Crippen LogP contribution is 2.31. The van der Waals surface area contributed by atoms with Gasteiger partial charge in [0.15, 0.2) is 0 Å². The van der Waals surface area contributed by atoms with Gasteiger partial charge in [-0.25, -0.2) is 0 Å². The predicted molar refractivity (Wildman–Crippen MR) is 77.0 cm³/mol. The molecule has 0 aliphatic rings. The van der Waals surface area contributed by atoms with Crippen LogP contribution in [0.5, 0.6) is 11.5 Å². The van der Waals surface area contributed by atoms with Crippen molar-refractivity contribution >= 4 is 5.69 Å². The number of rotatable bonds is 4. The lowest BCUT2D eigenvalue weighted by Gasteiger charge is -2.14. The third-order valence-electron chi connectivity index (χ3n) is 3.00. The second kappa shape index (κ2) is 5.71. The lowest BCUT2D eigenvalue weighted by Crippen LogP contribution is -2.06. The Bertz CT molecular complexity index is 639. The Balaban J connectivity index is 2.33. The SMILES string of the molecule is Cc1cc([N+](=O)[O-])ccc1Oc1ccccc1[C@@H](C)N. The third-order valence-corrected chi connectivity index (χ3v) is 3.00. The Morgan fingerprint density at radius 3 is 2.50 bits per heavy atom. The van der Waals surface area contributed by atoms with Crippen LogP contribution in [0.1, 0.15) is 24.1 Å². The maximum Gasteiger partial charge on any atom is 0.269 e. The molecule has 0 aliphatic heterocycles. The molecule has 2 N–H and O–H groups in total. The molecule has 0 radical (unpaired) electrons. The van der Waals surface area contributed by atoms with Crippen molar-refractivity contribution in [2.75, 3.05) is 0 Å². The largest absolute Gasteiger partial charge is 0.457 e. The Morgan fingerprint density at radius 1 is 1.20 bits per heavy atom. The van der Waals surface area contributed by atoms with Crippen LogP contribution in [0.25, 0.3) is 0 Å². The number of aryl methyl sites for hydroxylation is 1. The van der Waals surface area contributed by atoms with Gasteiger partial charge in [0.05, 0.1) is 4.92 Å². The first kappa shape index (κ1) is 14.0. The zero-order chi connectivity index (χ0) is 14.7. The van der Waals surface area contributed by atoms with Gasteiger partial charge in [-0.3, -0.25) is 10.1 Å². The minimum atomic E-state index is -0.424. The minimum absolute atomic E-state index is 0.0512. The average Bonchev–Trinajstić information content (AvgIpc) is 2.41. The van der Waals surface area contributed by atoms with E-state index in [9.17, 15) is 10.1 Å². The van der Waals surface area contributed by atoms with Gasteiger partial charge in [-0.2, -0.15) is 0 Å². The van der Waals surface area contributed by atoms with Crippen molar-refractivity contribution < 1.29 is 9.66 Å². The number of non-ortho nitro benzene ring substituents is 1. The van der Waals surface area contributed by atoms with Crippen LogP contribution in [-0.2, 0) is 0 Å². The van der Waals surface area contributed by atoms with Crippen molar-refractivity contribution in [3.05, 3.63) is 63.7 Å². The number of nitro groups is 1. The van der Waals surface area contributed by atoms with Crippen LogP contribution >= 0.6 is 0 Å². The molecule has 0 fully saturated rings. The lowest BCUT2D eigenvalue weighted by atomic mass is 10.1. The maximum atomic E-state index is 10.7. The van der Waals surface area contributed by atoms with Crippen molar-refractivity contribution in [2.24, 2.45) is 5.73 Å². The molecule has 2 rings (SSSR count). The molecule has 5 heteroatoms. The van der Waals surface area contributed by atoms with Gasteiger partial charge < -0.3 is 10.5 Å². The fourth-order valence-corrected chi connectivity index (χ4v) is 1.93. The topological polar surface area (TPSA) is 78.4 Å². The van der Waals surface area contributed by atoms with Crippen molar-refractivity contribution in [2.45, 2.75) is 19.9 Å². The highest BCUT2D eigenvalue weighted by Gasteiger charge is 2.12. The minimum Gasteiger partial charge on any atom is -0.457 e. The molecule has 20 heavy (non-hydrogen) atoms. The standard InChI is InChI=1S/C15H16N2O3/c1-10-9-12(17(18)19)7-8-14(10)20-15-6-4-3-5-13(15)11(2)16/h3-9,11H,16H2,1-2H3/t11-/m1/s1. The zero-order valence-corrected chi connectivity index (χ0v) is 11.4. The summed E-state index contributed by atoms with van der Waals surface area (Å²) in [5.41, 5.74) is 7.55. The van der Waals surface area contributed by atoms with E-state index in [0.29, 0.717) is 17.1 Å². The second-order valence-corrected chi connectivity index (χ2v) is 4.64. The van der Waals surface area contributed by atoms with Crippen molar-refractivity contribution in [3.8, 4) is 11.5 Å². The fourth-order valence-electron chi connectivity index (χ4n) is 1.93. The first-order valence-electron chi connectivity index (χ1n) is 6.26. The van der Waals surface area contributed by atoms with Crippen LogP contribution in [0.3, 0.4) is 0 Å². The first-order valence-corrected chi connectivity index (χ1v) is 6.26. The lowest BCUT2D eigenvalue weighted by molar-refractivity contribution is -0.384. The predicted octanol–water partition coefficient (Wildman–Crippen LogP) is 3.72. The molecule has 1 atom stereocenters. The molecule has 0 saturated heterocycles. The van der Waals surface area contributed by atoms with Crippen molar-refractivity contribution in [3.63, 3.8) is 0 Å². The summed E-state index contributed by atoms with van der Waals surface area (Å²) in [6, 6.07) is 11.9. The number of hydrogen-bond acceptors (Lipinski definition) is 4. The van der Waals surface area contributed by atoms with E-state index in [4.69, 9.17) is 10.5 Å². The molecular weight excluding hydrogens is 256 g/mol. The van der Waals surface area contributed by atoms with Gasteiger partial charge in [0.1, 0.15) is 11.5 Å². The van der Waals surface area contributed by atoms with E-state index in [1.54, 1.807) is 13.0 Å². The van der Waals surface area contributed by atoms with E-state index < -0.39 is 4.92 Å². The average molecular weight is 272 g/mol. The normalized spacial score (nSPS) is 11.9. The van der Waals surface area contributed by atoms with Gasteiger partial charge in [-0.1, -0.05) is 18.2 Å². The number of nitrogens with zero attached hydrogens (tertiary/aromatic N) is 1. The molecule has 104 valence electrons. The van der Waals surface area contributed by atoms with Gasteiger partial charge in [-0.05, 0) is 31.5 Å². The molecule has 0 saturated carbocycles. The van der Waals surface area contributed by atoms with E-state index in [1.165, 1.54) is 12.1 Å². The molecule has 5 nitrogen and oxygen atoms in total. The molecule has 0 amide bonds. The number of para-hydroxylation sites is 1. The third kappa shape index (κ3) is 2.95. The molecular formula is C15H16N2O3. The molecule has 2 aromatic carbocycles. The monoisotopic (exact) mass is 272 g/mol. The van der Waals surface area contributed by atoms with E-state index in [2.05, 4.69) is 0 Å². The summed E-state index contributed by atoms with van der Waals surface area (Å²) in [4.78, 5) is 10.3. The number of nitrogens with two attached hydrogens (primary N) is 1. The van der Waals surface area contributed by atoms with E-state index in [0.717, 1.165) is 5.56 Å². The molecule has 2 aromatic rings. The fraction of sp³-hybridized carbons (Fsp3) is 0.200. The van der Waals surface area contributed by atoms with Gasteiger partial charge in [-0.15, -0.1) is 0 Å². The van der Waals surface area contributed by atoms with Crippen LogP contribution in [0.15, 0.2) is 42.5 Å². The Morgan fingerprint density at radius 2 is 1.90 bits per heavy atom. The molecule has 0 heterocycles.